The molecule has 0 unspecified atom stereocenters. The maximum atomic E-state index is 13.5. The lowest BCUT2D eigenvalue weighted by molar-refractivity contribution is 0.0846. The third-order valence-electron chi connectivity index (χ3n) is 6.42. The van der Waals surface area contributed by atoms with Crippen LogP contribution in [0, 0.1) is 19.8 Å². The van der Waals surface area contributed by atoms with Gasteiger partial charge in [-0.2, -0.15) is 0 Å². The largest absolute Gasteiger partial charge is 0.450 e. The molecule has 2 atom stereocenters. The minimum absolute atomic E-state index is 0.0993. The Balaban J connectivity index is 1.58. The van der Waals surface area contributed by atoms with Gasteiger partial charge in [0.05, 0.1) is 17.2 Å². The number of benzene rings is 2. The average molecular weight is 515 g/mol. The Morgan fingerprint density at radius 1 is 1.17 bits per heavy atom. The lowest BCUT2D eigenvalue weighted by atomic mass is 9.95. The van der Waals surface area contributed by atoms with E-state index in [1.807, 2.05) is 6.92 Å². The SMILES string of the molecule is CCOC(=O)N1CC[C@@H](NS(=O)(=O)c2ccc(NC(=O)c3c(C)noc3C)c3ccccc23)[C@@H](C)C1. The molecule has 1 aliphatic heterocycles. The van der Waals surface area contributed by atoms with E-state index in [1.54, 1.807) is 56.0 Å². The summed E-state index contributed by atoms with van der Waals surface area (Å²) in [6.45, 7) is 8.10. The molecule has 0 aliphatic carbocycles. The van der Waals surface area contributed by atoms with Crippen molar-refractivity contribution in [3.63, 3.8) is 0 Å². The molecule has 36 heavy (non-hydrogen) atoms. The molecule has 10 nitrogen and oxygen atoms in total. The Labute approximate surface area is 210 Å². The van der Waals surface area contributed by atoms with Crippen molar-refractivity contribution in [1.29, 1.82) is 0 Å². The molecular weight excluding hydrogens is 484 g/mol. The number of sulfonamides is 1. The third-order valence-corrected chi connectivity index (χ3v) is 7.97. The minimum Gasteiger partial charge on any atom is -0.450 e. The van der Waals surface area contributed by atoms with Gasteiger partial charge in [-0.05, 0) is 45.2 Å². The van der Waals surface area contributed by atoms with Crippen LogP contribution in [0.2, 0.25) is 0 Å². The van der Waals surface area contributed by atoms with Crippen molar-refractivity contribution < 1.29 is 27.3 Å². The normalized spacial score (nSPS) is 18.3. The molecule has 2 aromatic carbocycles. The summed E-state index contributed by atoms with van der Waals surface area (Å²) in [4.78, 5) is 26.6. The number of likely N-dealkylation sites (tertiary alicyclic amines) is 1. The molecule has 1 fully saturated rings. The lowest BCUT2D eigenvalue weighted by Gasteiger charge is -2.36. The van der Waals surface area contributed by atoms with Gasteiger partial charge in [-0.3, -0.25) is 4.79 Å². The van der Waals surface area contributed by atoms with E-state index in [9.17, 15) is 18.0 Å². The van der Waals surface area contributed by atoms with Gasteiger partial charge in [-0.15, -0.1) is 0 Å². The van der Waals surface area contributed by atoms with Crippen molar-refractivity contribution in [2.24, 2.45) is 5.92 Å². The molecule has 2 amide bonds. The number of carbonyl (C=O) groups excluding carboxylic acids is 2. The van der Waals surface area contributed by atoms with Crippen molar-refractivity contribution in [2.45, 2.75) is 45.1 Å². The molecule has 0 spiro atoms. The molecule has 3 aromatic rings. The van der Waals surface area contributed by atoms with E-state index >= 15 is 0 Å². The molecule has 1 saturated heterocycles. The van der Waals surface area contributed by atoms with Crippen LogP contribution >= 0.6 is 0 Å². The average Bonchev–Trinajstić information content (AvgIpc) is 3.18. The predicted octanol–water partition coefficient (Wildman–Crippen LogP) is 3.84. The van der Waals surface area contributed by atoms with E-state index in [1.165, 1.54) is 6.07 Å². The highest BCUT2D eigenvalue weighted by atomic mass is 32.2. The Morgan fingerprint density at radius 2 is 1.89 bits per heavy atom. The zero-order valence-corrected chi connectivity index (χ0v) is 21.5. The first kappa shape index (κ1) is 25.6. The van der Waals surface area contributed by atoms with Gasteiger partial charge in [0.25, 0.3) is 5.91 Å². The number of fused-ring (bicyclic) bond motifs is 1. The fourth-order valence-corrected chi connectivity index (χ4v) is 6.16. The van der Waals surface area contributed by atoms with Crippen LogP contribution < -0.4 is 10.0 Å². The Hall–Kier alpha value is -3.44. The third kappa shape index (κ3) is 5.07. The number of rotatable bonds is 6. The number of nitrogens with zero attached hydrogens (tertiary/aromatic N) is 2. The van der Waals surface area contributed by atoms with Gasteiger partial charge in [0.1, 0.15) is 11.3 Å². The van der Waals surface area contributed by atoms with E-state index in [0.717, 1.165) is 0 Å². The van der Waals surface area contributed by atoms with Crippen molar-refractivity contribution in [1.82, 2.24) is 14.8 Å². The number of ether oxygens (including phenoxy) is 1. The number of anilines is 1. The van der Waals surface area contributed by atoms with E-state index in [4.69, 9.17) is 9.26 Å². The van der Waals surface area contributed by atoms with Gasteiger partial charge in [-0.25, -0.2) is 17.9 Å². The van der Waals surface area contributed by atoms with Gasteiger partial charge in [0.2, 0.25) is 10.0 Å². The molecule has 0 saturated carbocycles. The number of aryl methyl sites for hydroxylation is 2. The van der Waals surface area contributed by atoms with Crippen LogP contribution in [-0.4, -0.2) is 56.2 Å². The molecule has 1 aromatic heterocycles. The number of amides is 2. The van der Waals surface area contributed by atoms with Crippen LogP contribution in [0.5, 0.6) is 0 Å². The molecule has 0 bridgehead atoms. The Bertz CT molecular complexity index is 1380. The second kappa shape index (κ2) is 10.3. The lowest BCUT2D eigenvalue weighted by Crippen LogP contribution is -2.51. The van der Waals surface area contributed by atoms with E-state index in [2.05, 4.69) is 15.2 Å². The quantitative estimate of drug-likeness (QED) is 0.511. The Kier molecular flexibility index (Phi) is 7.32. The van der Waals surface area contributed by atoms with Gasteiger partial charge < -0.3 is 19.5 Å². The summed E-state index contributed by atoms with van der Waals surface area (Å²) in [5.74, 6) is -0.0778. The van der Waals surface area contributed by atoms with Gasteiger partial charge >= 0.3 is 6.09 Å². The summed E-state index contributed by atoms with van der Waals surface area (Å²) in [5.41, 5.74) is 1.30. The molecule has 2 heterocycles. The topological polar surface area (TPSA) is 131 Å². The molecule has 11 heteroatoms. The molecule has 4 rings (SSSR count). The predicted molar refractivity (Wildman–Crippen MR) is 134 cm³/mol. The first-order valence-electron chi connectivity index (χ1n) is 11.8. The van der Waals surface area contributed by atoms with E-state index in [0.29, 0.717) is 59.6 Å². The number of aromatic nitrogens is 1. The van der Waals surface area contributed by atoms with Gasteiger partial charge in [0.15, 0.2) is 0 Å². The summed E-state index contributed by atoms with van der Waals surface area (Å²) in [5, 5.41) is 7.75. The number of nitrogens with one attached hydrogen (secondary N) is 2. The summed E-state index contributed by atoms with van der Waals surface area (Å²) < 4.78 is 39.9. The van der Waals surface area contributed by atoms with Crippen LogP contribution in [0.15, 0.2) is 45.8 Å². The fraction of sp³-hybridized carbons (Fsp3) is 0.400. The van der Waals surface area contributed by atoms with Gasteiger partial charge in [-0.1, -0.05) is 36.3 Å². The summed E-state index contributed by atoms with van der Waals surface area (Å²) in [6, 6.07) is 9.75. The Morgan fingerprint density at radius 3 is 2.53 bits per heavy atom. The number of piperidine rings is 1. The number of carbonyl (C=O) groups is 2. The standard InChI is InChI=1S/C25H30N4O6S/c1-5-34-25(31)29-13-12-20(15(2)14-29)28-36(32,33)22-11-10-21(18-8-6-7-9-19(18)22)26-24(30)23-16(3)27-35-17(23)4/h6-11,15,20,28H,5,12-14H2,1-4H3,(H,26,30)/t15-,20+/m0/s1. The van der Waals surface area contributed by atoms with E-state index < -0.39 is 10.0 Å². The van der Waals surface area contributed by atoms with Crippen LogP contribution in [0.3, 0.4) is 0 Å². The summed E-state index contributed by atoms with van der Waals surface area (Å²) in [7, 11) is -3.89. The minimum atomic E-state index is -3.89. The van der Waals surface area contributed by atoms with Crippen LogP contribution in [0.1, 0.15) is 42.1 Å². The monoisotopic (exact) mass is 514 g/mol. The second-order valence-electron chi connectivity index (χ2n) is 8.95. The van der Waals surface area contributed by atoms with Crippen LogP contribution in [-0.2, 0) is 14.8 Å². The first-order chi connectivity index (χ1) is 17.1. The van der Waals surface area contributed by atoms with Crippen molar-refractivity contribution in [3.8, 4) is 0 Å². The molecular formula is C25H30N4O6S. The first-order valence-corrected chi connectivity index (χ1v) is 13.3. The van der Waals surface area contributed by atoms with E-state index in [-0.39, 0.29) is 28.9 Å². The van der Waals surface area contributed by atoms with Crippen LogP contribution in [0.25, 0.3) is 10.8 Å². The molecule has 2 N–H and O–H groups in total. The maximum Gasteiger partial charge on any atom is 0.409 e. The molecule has 0 radical (unpaired) electrons. The fourth-order valence-electron chi connectivity index (χ4n) is 4.57. The van der Waals surface area contributed by atoms with Gasteiger partial charge in [0, 0.05) is 35.6 Å². The zero-order valence-electron chi connectivity index (χ0n) is 20.7. The van der Waals surface area contributed by atoms with Crippen molar-refractivity contribution in [2.75, 3.05) is 25.0 Å². The van der Waals surface area contributed by atoms with Crippen molar-refractivity contribution >= 4 is 38.5 Å². The molecule has 192 valence electrons. The highest BCUT2D eigenvalue weighted by Crippen LogP contribution is 2.31. The highest BCUT2D eigenvalue weighted by molar-refractivity contribution is 7.89. The molecule has 1 aliphatic rings. The number of hydrogen-bond acceptors (Lipinski definition) is 7. The summed E-state index contributed by atoms with van der Waals surface area (Å²) >= 11 is 0. The highest BCUT2D eigenvalue weighted by Gasteiger charge is 2.33. The summed E-state index contributed by atoms with van der Waals surface area (Å²) in [6.07, 6.45) is 0.0915. The van der Waals surface area contributed by atoms with Crippen LogP contribution in [0.4, 0.5) is 10.5 Å². The maximum absolute atomic E-state index is 13.5. The zero-order chi connectivity index (χ0) is 26.0. The van der Waals surface area contributed by atoms with Crippen molar-refractivity contribution in [3.05, 3.63) is 53.4 Å². The second-order valence-corrected chi connectivity index (χ2v) is 10.6. The smallest absolute Gasteiger partial charge is 0.409 e. The number of hydrogen-bond donors (Lipinski definition) is 2.